The van der Waals surface area contributed by atoms with Crippen LogP contribution < -0.4 is 79.0 Å². The van der Waals surface area contributed by atoms with Crippen molar-refractivity contribution in [3.63, 3.8) is 0 Å². The molecule has 0 bridgehead atoms. The molecule has 2 aromatic heterocycles. The van der Waals surface area contributed by atoms with Crippen molar-refractivity contribution in [3.8, 4) is 0 Å². The normalized spacial score (nSPS) is 9.71. The van der Waals surface area contributed by atoms with Gasteiger partial charge in [0, 0.05) is 10.2 Å². The van der Waals surface area contributed by atoms with Gasteiger partial charge in [0.25, 0.3) is 0 Å². The van der Waals surface area contributed by atoms with E-state index in [-0.39, 0.29) is 81.3 Å². The summed E-state index contributed by atoms with van der Waals surface area (Å²) in [5, 5.41) is 54.5. The van der Waals surface area contributed by atoms with Gasteiger partial charge in [-0.2, -0.15) is 9.69 Å². The largest absolute Gasteiger partial charge is 1.00 e. The van der Waals surface area contributed by atoms with Gasteiger partial charge in [-0.1, -0.05) is 22.6 Å². The molecule has 132 valence electrons. The third-order valence-corrected chi connectivity index (χ3v) is 3.40. The molecule has 0 unspecified atom stereocenters. The first-order valence-electron chi connectivity index (χ1n) is 6.96. The van der Waals surface area contributed by atoms with Crippen LogP contribution in [-0.4, -0.2) is 32.6 Å². The molecule has 4 rings (SSSR count). The van der Waals surface area contributed by atoms with Crippen LogP contribution in [0.4, 0.5) is 0 Å². The van der Waals surface area contributed by atoms with E-state index in [9.17, 15) is 30.2 Å². The van der Waals surface area contributed by atoms with Crippen LogP contribution in [-0.2, 0) is 0 Å². The molecule has 12 nitrogen and oxygen atoms in total. The number of carboxylic acids is 2. The van der Waals surface area contributed by atoms with Gasteiger partial charge >= 0.3 is 59.1 Å². The van der Waals surface area contributed by atoms with Gasteiger partial charge in [-0.3, -0.25) is 0 Å². The summed E-state index contributed by atoms with van der Waals surface area (Å²) in [4.78, 5) is 21.7. The zero-order valence-electron chi connectivity index (χ0n) is 14.7. The van der Waals surface area contributed by atoms with Crippen LogP contribution in [0.15, 0.2) is 36.4 Å². The second-order valence-corrected chi connectivity index (χ2v) is 4.93. The topological polar surface area (TPSA) is 191 Å². The summed E-state index contributed by atoms with van der Waals surface area (Å²) in [6.45, 7) is 0. The van der Waals surface area contributed by atoms with E-state index in [1.807, 2.05) is 0 Å². The van der Waals surface area contributed by atoms with Crippen LogP contribution in [0.3, 0.4) is 0 Å². The molecule has 2 N–H and O–H groups in total. The maximum atomic E-state index is 11.0. The molecule has 0 radical (unpaired) electrons. The SMILES string of the molecule is O=C([O-])c1cccc2n[nH][n+]([O-])c12.O=C([O-])c1cccc2n[nH][n+]([O-])c12.[Na+].[Na+]. The average molecular weight is 402 g/mol. The fourth-order valence-corrected chi connectivity index (χ4v) is 2.30. The van der Waals surface area contributed by atoms with Crippen molar-refractivity contribution in [2.24, 2.45) is 0 Å². The van der Waals surface area contributed by atoms with Crippen molar-refractivity contribution >= 4 is 34.0 Å². The minimum Gasteiger partial charge on any atom is -0.692 e. The molecule has 0 aliphatic heterocycles. The molecule has 2 heterocycles. The molecule has 0 amide bonds. The number of carbonyl (C=O) groups excluding carboxylic acids is 2. The van der Waals surface area contributed by atoms with E-state index in [0.717, 1.165) is 0 Å². The van der Waals surface area contributed by atoms with E-state index < -0.39 is 11.9 Å². The molecule has 28 heavy (non-hydrogen) atoms. The summed E-state index contributed by atoms with van der Waals surface area (Å²) in [5.74, 6) is -2.78. The molecule has 0 saturated carbocycles. The Morgan fingerprint density at radius 3 is 1.43 bits per heavy atom. The Kier molecular flexibility index (Phi) is 8.35. The Balaban J connectivity index is 0.000000261. The summed E-state index contributed by atoms with van der Waals surface area (Å²) in [5.41, 5.74) is 0.251. The third kappa shape index (κ3) is 4.60. The number of aromatic carboxylic acids is 2. The van der Waals surface area contributed by atoms with Crippen LogP contribution in [0, 0.1) is 10.4 Å². The van der Waals surface area contributed by atoms with Crippen LogP contribution in [0.1, 0.15) is 20.7 Å². The van der Waals surface area contributed by atoms with Crippen molar-refractivity contribution in [3.05, 3.63) is 57.9 Å². The van der Waals surface area contributed by atoms with Crippen molar-refractivity contribution in [1.29, 1.82) is 0 Å². The number of aromatic nitrogens is 6. The summed E-state index contributed by atoms with van der Waals surface area (Å²) in [6, 6.07) is 8.64. The van der Waals surface area contributed by atoms with Gasteiger partial charge in [-0.15, -0.1) is 0 Å². The monoisotopic (exact) mass is 402 g/mol. The second-order valence-electron chi connectivity index (χ2n) is 4.93. The van der Waals surface area contributed by atoms with Crippen molar-refractivity contribution in [2.75, 3.05) is 0 Å². The first-order valence-corrected chi connectivity index (χ1v) is 6.96. The molecular formula is C14H8N6Na2O6. The predicted octanol–water partition coefficient (Wildman–Crippen LogP) is -8.87. The number of fused-ring (bicyclic) bond motifs is 2. The number of nitrogens with one attached hydrogen (secondary N) is 2. The number of nitrogens with zero attached hydrogens (tertiary/aromatic N) is 4. The number of rotatable bonds is 2. The van der Waals surface area contributed by atoms with E-state index in [0.29, 0.717) is 20.7 Å². The standard InChI is InChI=1S/2C7H5N3O3.2Na/c2*11-7(12)4-2-1-3-5-6(4)10(13)9-8-5;;/h2*1-3,9H,(H,11,12);;/q;;2*+1/p-2. The molecule has 0 spiro atoms. The number of carboxylic acid groups (broad SMARTS) is 2. The van der Waals surface area contributed by atoms with Crippen molar-refractivity contribution < 1.29 is 88.6 Å². The van der Waals surface area contributed by atoms with Gasteiger partial charge in [0.05, 0.1) is 23.1 Å². The van der Waals surface area contributed by atoms with Gasteiger partial charge in [0.1, 0.15) is 0 Å². The minimum atomic E-state index is -1.39. The van der Waals surface area contributed by atoms with E-state index >= 15 is 0 Å². The summed E-state index contributed by atoms with van der Waals surface area (Å²) < 4.78 is 0. The first kappa shape index (κ1) is 23.8. The number of hydrogen-bond donors (Lipinski definition) is 2. The number of para-hydroxylation sites is 2. The Labute approximate surface area is 199 Å². The smallest absolute Gasteiger partial charge is 0.692 e. The van der Waals surface area contributed by atoms with Crippen LogP contribution in [0.2, 0.25) is 0 Å². The number of hydrogen-bond acceptors (Lipinski definition) is 8. The molecule has 14 heteroatoms. The Morgan fingerprint density at radius 2 is 1.11 bits per heavy atom. The number of H-pyrrole nitrogens is 2. The Bertz CT molecular complexity index is 1050. The van der Waals surface area contributed by atoms with E-state index in [2.05, 4.69) is 20.6 Å². The summed E-state index contributed by atoms with van der Waals surface area (Å²) in [7, 11) is 0. The number of benzene rings is 2. The quantitative estimate of drug-likeness (QED) is 0.187. The Hall–Kier alpha value is -2.22. The van der Waals surface area contributed by atoms with Gasteiger partial charge in [0.2, 0.25) is 22.1 Å². The maximum absolute atomic E-state index is 11.0. The summed E-state index contributed by atoms with van der Waals surface area (Å²) >= 11 is 0. The zero-order valence-corrected chi connectivity index (χ0v) is 18.7. The molecule has 0 fully saturated rings. The number of carbonyl (C=O) groups is 2. The molecular weight excluding hydrogens is 394 g/mol. The number of aromatic amines is 2. The van der Waals surface area contributed by atoms with Crippen molar-refractivity contribution in [1.82, 2.24) is 20.6 Å². The minimum absolute atomic E-state index is 0. The molecule has 0 atom stereocenters. The second kappa shape index (κ2) is 9.82. The van der Waals surface area contributed by atoms with Gasteiger partial charge in [-0.05, 0) is 24.3 Å². The maximum Gasteiger partial charge on any atom is 1.00 e. The first-order chi connectivity index (χ1) is 12.4. The molecule has 0 aliphatic rings. The average Bonchev–Trinajstić information content (AvgIpc) is 3.19. The summed E-state index contributed by atoms with van der Waals surface area (Å²) in [6.07, 6.45) is 0. The van der Waals surface area contributed by atoms with Crippen LogP contribution in [0.25, 0.3) is 22.1 Å². The third-order valence-electron chi connectivity index (χ3n) is 3.40. The molecule has 4 aromatic rings. The fraction of sp³-hybridized carbons (Fsp3) is 0. The van der Waals surface area contributed by atoms with Crippen molar-refractivity contribution in [2.45, 2.75) is 0 Å². The van der Waals surface area contributed by atoms with E-state index in [1.54, 1.807) is 0 Å². The predicted molar refractivity (Wildman–Crippen MR) is 78.8 cm³/mol. The van der Waals surface area contributed by atoms with E-state index in [4.69, 9.17) is 0 Å². The van der Waals surface area contributed by atoms with Gasteiger partial charge in [0.15, 0.2) is 0 Å². The Morgan fingerprint density at radius 1 is 0.750 bits per heavy atom. The van der Waals surface area contributed by atoms with Gasteiger partial charge < -0.3 is 30.2 Å². The zero-order chi connectivity index (χ0) is 18.8. The van der Waals surface area contributed by atoms with Gasteiger partial charge in [-0.25, -0.2) is 0 Å². The fourth-order valence-electron chi connectivity index (χ4n) is 2.30. The van der Waals surface area contributed by atoms with E-state index in [1.165, 1.54) is 36.4 Å². The van der Waals surface area contributed by atoms with Crippen LogP contribution >= 0.6 is 0 Å². The van der Waals surface area contributed by atoms with Crippen LogP contribution in [0.5, 0.6) is 0 Å². The molecule has 0 aliphatic carbocycles. The molecule has 0 saturated heterocycles. The molecule has 2 aromatic carbocycles.